The van der Waals surface area contributed by atoms with Gasteiger partial charge in [0.1, 0.15) is 5.75 Å². The van der Waals surface area contributed by atoms with Crippen molar-refractivity contribution in [2.45, 2.75) is 45.6 Å². The summed E-state index contributed by atoms with van der Waals surface area (Å²) in [5.41, 5.74) is 4.22. The van der Waals surface area contributed by atoms with Crippen molar-refractivity contribution in [1.82, 2.24) is 4.90 Å². The Kier molecular flexibility index (Phi) is 3.84. The number of nitrogens with zero attached hydrogens (tertiary/aromatic N) is 1. The predicted molar refractivity (Wildman–Crippen MR) is 83.0 cm³/mol. The van der Waals surface area contributed by atoms with Crippen LogP contribution in [0.4, 0.5) is 0 Å². The van der Waals surface area contributed by atoms with E-state index in [4.69, 9.17) is 0 Å². The maximum Gasteiger partial charge on any atom is 0.115 e. The molecule has 1 saturated heterocycles. The van der Waals surface area contributed by atoms with Crippen LogP contribution in [0, 0.1) is 5.92 Å². The molecule has 0 bridgehead atoms. The van der Waals surface area contributed by atoms with E-state index in [0.717, 1.165) is 25.3 Å². The molecule has 2 aliphatic rings. The van der Waals surface area contributed by atoms with Crippen molar-refractivity contribution in [3.8, 4) is 5.75 Å². The summed E-state index contributed by atoms with van der Waals surface area (Å²) in [5, 5.41) is 9.66. The van der Waals surface area contributed by atoms with Gasteiger partial charge in [-0.2, -0.15) is 0 Å². The molecule has 0 spiro atoms. The summed E-state index contributed by atoms with van der Waals surface area (Å²) < 4.78 is 0. The first-order valence-electron chi connectivity index (χ1n) is 7.81. The van der Waals surface area contributed by atoms with Gasteiger partial charge in [-0.25, -0.2) is 0 Å². The average molecular weight is 271 g/mol. The number of hydrogen-bond donors (Lipinski definition) is 1. The lowest BCUT2D eigenvalue weighted by Crippen LogP contribution is -2.49. The van der Waals surface area contributed by atoms with Crippen molar-refractivity contribution < 1.29 is 5.11 Å². The maximum absolute atomic E-state index is 9.66. The Morgan fingerprint density at radius 2 is 2.15 bits per heavy atom. The van der Waals surface area contributed by atoms with Gasteiger partial charge >= 0.3 is 0 Å². The van der Waals surface area contributed by atoms with E-state index >= 15 is 0 Å². The van der Waals surface area contributed by atoms with E-state index < -0.39 is 0 Å². The van der Waals surface area contributed by atoms with Gasteiger partial charge in [-0.05, 0) is 75.3 Å². The van der Waals surface area contributed by atoms with Crippen molar-refractivity contribution >= 4 is 0 Å². The van der Waals surface area contributed by atoms with Crippen molar-refractivity contribution in [3.63, 3.8) is 0 Å². The molecule has 2 atom stereocenters. The lowest BCUT2D eigenvalue weighted by Gasteiger charge is -2.44. The monoisotopic (exact) mass is 271 g/mol. The van der Waals surface area contributed by atoms with E-state index in [0.29, 0.717) is 11.8 Å². The molecule has 2 nitrogen and oxygen atoms in total. The third kappa shape index (κ3) is 2.76. The average Bonchev–Trinajstić information content (AvgIpc) is 2.42. The number of hydrogen-bond acceptors (Lipinski definition) is 2. The minimum atomic E-state index is 0.416. The van der Waals surface area contributed by atoms with Crippen molar-refractivity contribution in [2.75, 3.05) is 13.1 Å². The second-order valence-electron chi connectivity index (χ2n) is 6.61. The first-order valence-corrected chi connectivity index (χ1v) is 7.81. The second-order valence-corrected chi connectivity index (χ2v) is 6.61. The zero-order valence-electron chi connectivity index (χ0n) is 12.6. The molecule has 1 heterocycles. The molecule has 20 heavy (non-hydrogen) atoms. The van der Waals surface area contributed by atoms with Crippen LogP contribution in [0.1, 0.15) is 37.8 Å². The number of aromatic hydroxyl groups is 1. The van der Waals surface area contributed by atoms with Gasteiger partial charge in [0.15, 0.2) is 0 Å². The summed E-state index contributed by atoms with van der Waals surface area (Å²) in [6.45, 7) is 6.69. The Morgan fingerprint density at radius 3 is 2.95 bits per heavy atom. The van der Waals surface area contributed by atoms with Gasteiger partial charge in [0, 0.05) is 12.6 Å². The quantitative estimate of drug-likeness (QED) is 0.832. The van der Waals surface area contributed by atoms with Crippen LogP contribution in [0.5, 0.6) is 5.75 Å². The van der Waals surface area contributed by atoms with Crippen LogP contribution in [-0.2, 0) is 12.8 Å². The summed E-state index contributed by atoms with van der Waals surface area (Å²) >= 11 is 0. The van der Waals surface area contributed by atoms with Crippen LogP contribution in [0.2, 0.25) is 0 Å². The summed E-state index contributed by atoms with van der Waals surface area (Å²) in [6.07, 6.45) is 7.29. The largest absolute Gasteiger partial charge is 0.508 e. The Bertz CT molecular complexity index is 516. The fraction of sp³-hybridized carbons (Fsp3) is 0.556. The smallest absolute Gasteiger partial charge is 0.115 e. The Balaban J connectivity index is 1.81. The number of phenolic OH excluding ortho intramolecular Hbond substituents is 1. The van der Waals surface area contributed by atoms with Crippen LogP contribution in [0.3, 0.4) is 0 Å². The Labute approximate surface area is 122 Å². The van der Waals surface area contributed by atoms with Crippen molar-refractivity contribution in [3.05, 3.63) is 41.0 Å². The first-order chi connectivity index (χ1) is 9.63. The van der Waals surface area contributed by atoms with Gasteiger partial charge in [0.25, 0.3) is 0 Å². The highest BCUT2D eigenvalue weighted by atomic mass is 16.3. The van der Waals surface area contributed by atoms with Crippen LogP contribution in [0.25, 0.3) is 0 Å². The topological polar surface area (TPSA) is 23.5 Å². The van der Waals surface area contributed by atoms with E-state index in [1.165, 1.54) is 36.1 Å². The molecular formula is C18H25NO. The molecule has 1 aliphatic carbocycles. The molecule has 0 aromatic heterocycles. The number of piperidine rings is 1. The molecule has 1 N–H and O–H groups in total. The van der Waals surface area contributed by atoms with Crippen molar-refractivity contribution in [1.29, 1.82) is 0 Å². The third-order valence-corrected chi connectivity index (χ3v) is 4.87. The lowest BCUT2D eigenvalue weighted by atomic mass is 9.75. The van der Waals surface area contributed by atoms with Gasteiger partial charge in [0.2, 0.25) is 0 Å². The van der Waals surface area contributed by atoms with Gasteiger partial charge in [0.05, 0.1) is 0 Å². The number of benzene rings is 1. The van der Waals surface area contributed by atoms with E-state index in [-0.39, 0.29) is 0 Å². The SMILES string of the molecule is CC(C)=CCN1CCCC2Cc3cc(O)ccc3CC21. The molecule has 2 heteroatoms. The highest BCUT2D eigenvalue weighted by Gasteiger charge is 2.34. The predicted octanol–water partition coefficient (Wildman–Crippen LogP) is 3.54. The number of fused-ring (bicyclic) bond motifs is 2. The lowest BCUT2D eigenvalue weighted by molar-refractivity contribution is 0.0970. The number of likely N-dealkylation sites (tertiary alicyclic amines) is 1. The van der Waals surface area contributed by atoms with E-state index in [9.17, 15) is 5.11 Å². The van der Waals surface area contributed by atoms with E-state index in [1.807, 2.05) is 12.1 Å². The molecule has 0 radical (unpaired) electrons. The van der Waals surface area contributed by atoms with Gasteiger partial charge in [-0.3, -0.25) is 4.90 Å². The van der Waals surface area contributed by atoms with Crippen LogP contribution in [-0.4, -0.2) is 29.1 Å². The summed E-state index contributed by atoms with van der Waals surface area (Å²) in [5.74, 6) is 1.18. The Hall–Kier alpha value is -1.28. The summed E-state index contributed by atoms with van der Waals surface area (Å²) in [4.78, 5) is 2.66. The van der Waals surface area contributed by atoms with Crippen LogP contribution < -0.4 is 0 Å². The number of rotatable bonds is 2. The summed E-state index contributed by atoms with van der Waals surface area (Å²) in [6, 6.07) is 6.62. The zero-order valence-corrected chi connectivity index (χ0v) is 12.6. The van der Waals surface area contributed by atoms with Crippen LogP contribution >= 0.6 is 0 Å². The number of allylic oxidation sites excluding steroid dienone is 1. The highest BCUT2D eigenvalue weighted by Crippen LogP contribution is 2.36. The molecule has 1 aromatic rings. The highest BCUT2D eigenvalue weighted by molar-refractivity contribution is 5.38. The fourth-order valence-corrected chi connectivity index (χ4v) is 3.78. The molecule has 108 valence electrons. The fourth-order valence-electron chi connectivity index (χ4n) is 3.78. The second kappa shape index (κ2) is 5.61. The molecule has 1 aromatic carbocycles. The maximum atomic E-state index is 9.66. The molecule has 1 aliphatic heterocycles. The first kappa shape index (κ1) is 13.7. The van der Waals surface area contributed by atoms with Crippen molar-refractivity contribution in [2.24, 2.45) is 5.92 Å². The van der Waals surface area contributed by atoms with E-state index in [2.05, 4.69) is 30.9 Å². The molecule has 0 saturated carbocycles. The van der Waals surface area contributed by atoms with Crippen LogP contribution in [0.15, 0.2) is 29.8 Å². The minimum Gasteiger partial charge on any atom is -0.508 e. The molecule has 2 unspecified atom stereocenters. The summed E-state index contributed by atoms with van der Waals surface area (Å²) in [7, 11) is 0. The Morgan fingerprint density at radius 1 is 1.30 bits per heavy atom. The standard InChI is InChI=1S/C18H25NO/c1-13(2)7-9-19-8-3-4-15-10-16-11-17(20)6-5-14(16)12-18(15)19/h5-7,11,15,18,20H,3-4,8-10,12H2,1-2H3. The third-order valence-electron chi connectivity index (χ3n) is 4.87. The van der Waals surface area contributed by atoms with E-state index in [1.54, 1.807) is 0 Å². The molecule has 1 fully saturated rings. The van der Waals surface area contributed by atoms with Gasteiger partial charge < -0.3 is 5.11 Å². The molecule has 0 amide bonds. The molecular weight excluding hydrogens is 246 g/mol. The normalized spacial score (nSPS) is 25.7. The minimum absolute atomic E-state index is 0.416. The van der Waals surface area contributed by atoms with Gasteiger partial charge in [-0.1, -0.05) is 17.7 Å². The number of phenols is 1. The zero-order chi connectivity index (χ0) is 14.1. The van der Waals surface area contributed by atoms with Gasteiger partial charge in [-0.15, -0.1) is 0 Å². The molecule has 3 rings (SSSR count).